The predicted octanol–water partition coefficient (Wildman–Crippen LogP) is 4.00. The fourth-order valence-electron chi connectivity index (χ4n) is 1.86. The Labute approximate surface area is 140 Å². The Balaban J connectivity index is 1.94. The lowest BCUT2D eigenvalue weighted by Crippen LogP contribution is -2.22. The molecule has 0 fully saturated rings. The van der Waals surface area contributed by atoms with Gasteiger partial charge in [-0.2, -0.15) is 0 Å². The van der Waals surface area contributed by atoms with Gasteiger partial charge in [0.1, 0.15) is 18.1 Å². The summed E-state index contributed by atoms with van der Waals surface area (Å²) >= 11 is 3.35. The van der Waals surface area contributed by atoms with E-state index in [1.54, 1.807) is 18.2 Å². The first-order valence-corrected chi connectivity index (χ1v) is 7.45. The fraction of sp³-hybridized carbons (Fsp3) is 0.125. The van der Waals surface area contributed by atoms with Gasteiger partial charge in [0.15, 0.2) is 0 Å². The van der Waals surface area contributed by atoms with Gasteiger partial charge in [-0.25, -0.2) is 8.78 Å². The molecule has 0 aliphatic carbocycles. The number of aryl methyl sites for hydroxylation is 1. The molecule has 2 rings (SSSR count). The molecular formula is C16H13BrF2N2O2. The van der Waals surface area contributed by atoms with Crippen molar-refractivity contribution in [2.24, 2.45) is 0 Å². The molecule has 0 saturated heterocycles. The van der Waals surface area contributed by atoms with Crippen LogP contribution in [0, 0.1) is 18.6 Å². The summed E-state index contributed by atoms with van der Waals surface area (Å²) in [6.45, 7) is 1.86. The summed E-state index contributed by atoms with van der Waals surface area (Å²) < 4.78 is 27.1. The Kier molecular flexibility index (Phi) is 5.44. The molecule has 0 bridgehead atoms. The molecule has 4 nitrogen and oxygen atoms in total. The van der Waals surface area contributed by atoms with Gasteiger partial charge in [0.05, 0.1) is 5.69 Å². The van der Waals surface area contributed by atoms with Crippen LogP contribution >= 0.6 is 15.9 Å². The number of amides is 2. The van der Waals surface area contributed by atoms with Crippen LogP contribution in [0.15, 0.2) is 40.9 Å². The second-order valence-electron chi connectivity index (χ2n) is 4.86. The van der Waals surface area contributed by atoms with Crippen molar-refractivity contribution in [2.45, 2.75) is 13.3 Å². The molecule has 2 N–H and O–H groups in total. The minimum atomic E-state index is -0.901. The Morgan fingerprint density at radius 3 is 2.39 bits per heavy atom. The second kappa shape index (κ2) is 7.32. The monoisotopic (exact) mass is 382 g/mol. The lowest BCUT2D eigenvalue weighted by Gasteiger charge is -2.08. The van der Waals surface area contributed by atoms with Crippen molar-refractivity contribution in [2.75, 3.05) is 10.6 Å². The van der Waals surface area contributed by atoms with E-state index in [1.165, 1.54) is 0 Å². The number of rotatable bonds is 4. The molecule has 0 aromatic heterocycles. The van der Waals surface area contributed by atoms with Crippen molar-refractivity contribution in [3.63, 3.8) is 0 Å². The lowest BCUT2D eigenvalue weighted by atomic mass is 10.2. The summed E-state index contributed by atoms with van der Waals surface area (Å²) in [4.78, 5) is 23.5. The van der Waals surface area contributed by atoms with Crippen molar-refractivity contribution in [1.82, 2.24) is 0 Å². The number of carbonyl (C=O) groups excluding carboxylic acids is 2. The van der Waals surface area contributed by atoms with Gasteiger partial charge in [-0.15, -0.1) is 0 Å². The van der Waals surface area contributed by atoms with Crippen LogP contribution < -0.4 is 10.6 Å². The zero-order valence-electron chi connectivity index (χ0n) is 12.1. The van der Waals surface area contributed by atoms with Crippen LogP contribution in [0.2, 0.25) is 0 Å². The second-order valence-corrected chi connectivity index (χ2v) is 5.72. The third-order valence-corrected chi connectivity index (χ3v) is 3.86. The molecule has 2 aromatic rings. The van der Waals surface area contributed by atoms with Crippen LogP contribution in [0.4, 0.5) is 20.2 Å². The first-order valence-electron chi connectivity index (χ1n) is 6.66. The molecule has 0 heterocycles. The summed E-state index contributed by atoms with van der Waals surface area (Å²) in [6, 6.07) is 7.98. The molecule has 0 atom stereocenters. The van der Waals surface area contributed by atoms with Gasteiger partial charge in [0.2, 0.25) is 11.8 Å². The van der Waals surface area contributed by atoms with Gasteiger partial charge < -0.3 is 10.6 Å². The van der Waals surface area contributed by atoms with Crippen molar-refractivity contribution >= 4 is 39.1 Å². The maximum absolute atomic E-state index is 13.4. The number of hydrogen-bond donors (Lipinski definition) is 2. The molecule has 0 saturated carbocycles. The molecule has 2 amide bonds. The minimum absolute atomic E-state index is 0.177. The zero-order valence-corrected chi connectivity index (χ0v) is 13.7. The van der Waals surface area contributed by atoms with Crippen molar-refractivity contribution in [1.29, 1.82) is 0 Å². The van der Waals surface area contributed by atoms with Gasteiger partial charge in [-0.05, 0) is 42.8 Å². The van der Waals surface area contributed by atoms with Crippen molar-refractivity contribution < 1.29 is 18.4 Å². The SMILES string of the molecule is Cc1cc(NC(=O)CC(=O)Nc2ccc(F)cc2F)ccc1Br. The van der Waals surface area contributed by atoms with E-state index < -0.39 is 29.9 Å². The van der Waals surface area contributed by atoms with E-state index in [-0.39, 0.29) is 5.69 Å². The lowest BCUT2D eigenvalue weighted by molar-refractivity contribution is -0.123. The van der Waals surface area contributed by atoms with E-state index in [4.69, 9.17) is 0 Å². The maximum atomic E-state index is 13.4. The Bertz CT molecular complexity index is 766. The Hall–Kier alpha value is -2.28. The zero-order chi connectivity index (χ0) is 17.0. The maximum Gasteiger partial charge on any atom is 0.233 e. The topological polar surface area (TPSA) is 58.2 Å². The van der Waals surface area contributed by atoms with E-state index in [2.05, 4.69) is 26.6 Å². The molecule has 7 heteroatoms. The quantitative estimate of drug-likeness (QED) is 0.785. The van der Waals surface area contributed by atoms with Crippen LogP contribution in [-0.2, 0) is 9.59 Å². The third kappa shape index (κ3) is 4.85. The van der Waals surface area contributed by atoms with Crippen LogP contribution in [-0.4, -0.2) is 11.8 Å². The minimum Gasteiger partial charge on any atom is -0.326 e. The van der Waals surface area contributed by atoms with Crippen LogP contribution in [0.3, 0.4) is 0 Å². The van der Waals surface area contributed by atoms with Gasteiger partial charge in [-0.3, -0.25) is 9.59 Å². The number of nitrogens with one attached hydrogen (secondary N) is 2. The molecule has 0 radical (unpaired) electrons. The van der Waals surface area contributed by atoms with Gasteiger partial charge >= 0.3 is 0 Å². The molecule has 0 aliphatic heterocycles. The number of hydrogen-bond acceptors (Lipinski definition) is 2. The fourth-order valence-corrected chi connectivity index (χ4v) is 2.11. The van der Waals surface area contributed by atoms with E-state index in [0.29, 0.717) is 11.8 Å². The first-order chi connectivity index (χ1) is 10.8. The molecule has 0 spiro atoms. The summed E-state index contributed by atoms with van der Waals surface area (Å²) in [5, 5.41) is 4.80. The highest BCUT2D eigenvalue weighted by atomic mass is 79.9. The number of halogens is 3. The summed E-state index contributed by atoms with van der Waals surface area (Å²) in [6.07, 6.45) is -0.480. The average molecular weight is 383 g/mol. The normalized spacial score (nSPS) is 10.3. The highest BCUT2D eigenvalue weighted by molar-refractivity contribution is 9.10. The van der Waals surface area contributed by atoms with E-state index in [9.17, 15) is 18.4 Å². The molecule has 0 aliphatic rings. The van der Waals surface area contributed by atoms with Gasteiger partial charge in [0, 0.05) is 16.2 Å². The molecular weight excluding hydrogens is 370 g/mol. The molecule has 0 unspecified atom stereocenters. The molecule has 2 aromatic carbocycles. The average Bonchev–Trinajstić information content (AvgIpc) is 2.46. The summed E-state index contributed by atoms with van der Waals surface area (Å²) in [5.74, 6) is -2.88. The van der Waals surface area contributed by atoms with Crippen molar-refractivity contribution in [3.05, 3.63) is 58.1 Å². The van der Waals surface area contributed by atoms with Crippen LogP contribution in [0.1, 0.15) is 12.0 Å². The Morgan fingerprint density at radius 2 is 1.74 bits per heavy atom. The van der Waals surface area contributed by atoms with Gasteiger partial charge in [0.25, 0.3) is 0 Å². The highest BCUT2D eigenvalue weighted by Crippen LogP contribution is 2.20. The Morgan fingerprint density at radius 1 is 1.04 bits per heavy atom. The standard InChI is InChI=1S/C16H13BrF2N2O2/c1-9-6-11(3-4-12(9)17)20-15(22)8-16(23)21-14-5-2-10(18)7-13(14)19/h2-7H,8H2,1H3,(H,20,22)(H,21,23). The third-order valence-electron chi connectivity index (χ3n) is 2.97. The largest absolute Gasteiger partial charge is 0.326 e. The smallest absolute Gasteiger partial charge is 0.233 e. The van der Waals surface area contributed by atoms with Gasteiger partial charge in [-0.1, -0.05) is 15.9 Å². The number of benzene rings is 2. The van der Waals surface area contributed by atoms with E-state index >= 15 is 0 Å². The number of anilines is 2. The van der Waals surface area contributed by atoms with Crippen molar-refractivity contribution in [3.8, 4) is 0 Å². The van der Waals surface area contributed by atoms with Crippen LogP contribution in [0.25, 0.3) is 0 Å². The summed E-state index contributed by atoms with van der Waals surface area (Å²) in [5.41, 5.74) is 1.31. The number of carbonyl (C=O) groups is 2. The first kappa shape index (κ1) is 17.1. The predicted molar refractivity (Wildman–Crippen MR) is 87.1 cm³/mol. The summed E-state index contributed by atoms with van der Waals surface area (Å²) in [7, 11) is 0. The van der Waals surface area contributed by atoms with E-state index in [1.807, 2.05) is 6.92 Å². The van der Waals surface area contributed by atoms with E-state index in [0.717, 1.165) is 22.2 Å². The molecule has 120 valence electrons. The van der Waals surface area contributed by atoms with Crippen LogP contribution in [0.5, 0.6) is 0 Å². The molecule has 23 heavy (non-hydrogen) atoms. The highest BCUT2D eigenvalue weighted by Gasteiger charge is 2.13.